The maximum Gasteiger partial charge on any atom is 0.268 e. The zero-order valence-corrected chi connectivity index (χ0v) is 16.4. The highest BCUT2D eigenvalue weighted by Gasteiger charge is 2.47. The van der Waals surface area contributed by atoms with Crippen molar-refractivity contribution in [2.75, 3.05) is 6.54 Å². The molecule has 1 fully saturated rings. The number of carbonyl (C=O) groups is 2. The molecule has 0 bridgehead atoms. The number of Topliss-reactive ketones (excluding diaryl/α,β-unsaturated/α-hetero) is 1. The van der Waals surface area contributed by atoms with Crippen LogP contribution in [0.3, 0.4) is 0 Å². The zero-order chi connectivity index (χ0) is 21.3. The van der Waals surface area contributed by atoms with E-state index in [4.69, 9.17) is 5.26 Å². The second-order valence-corrected chi connectivity index (χ2v) is 7.91. The number of alkyl halides is 2. The number of fused-ring (bicyclic) bond motifs is 1. The van der Waals surface area contributed by atoms with Gasteiger partial charge in [-0.2, -0.15) is 5.26 Å². The van der Waals surface area contributed by atoms with Crippen LogP contribution in [-0.2, 0) is 17.6 Å². The first-order valence-corrected chi connectivity index (χ1v) is 10.0. The molecule has 30 heavy (non-hydrogen) atoms. The molecule has 2 aromatic rings. The first-order chi connectivity index (χ1) is 14.4. The van der Waals surface area contributed by atoms with E-state index < -0.39 is 30.8 Å². The quantitative estimate of drug-likeness (QED) is 0.701. The number of hydrogen-bond donors (Lipinski definition) is 0. The average Bonchev–Trinajstić information content (AvgIpc) is 3.34. The lowest BCUT2D eigenvalue weighted by Gasteiger charge is -2.19. The Kier molecular flexibility index (Phi) is 5.33. The number of pyridine rings is 1. The summed E-state index contributed by atoms with van der Waals surface area (Å²) in [5.74, 6) is -3.91. The summed E-state index contributed by atoms with van der Waals surface area (Å²) in [4.78, 5) is 30.3. The van der Waals surface area contributed by atoms with Crippen LogP contribution in [0.1, 0.15) is 47.2 Å². The fourth-order valence-corrected chi connectivity index (χ4v) is 4.30. The van der Waals surface area contributed by atoms with Gasteiger partial charge in [0.05, 0.1) is 12.6 Å². The number of nitriles is 1. The summed E-state index contributed by atoms with van der Waals surface area (Å²) in [7, 11) is 0. The topological polar surface area (TPSA) is 74.1 Å². The molecule has 0 saturated carbocycles. The van der Waals surface area contributed by atoms with Crippen LogP contribution < -0.4 is 0 Å². The van der Waals surface area contributed by atoms with E-state index in [1.807, 2.05) is 6.07 Å². The molecular weight excluding hydrogens is 388 g/mol. The predicted octanol–water partition coefficient (Wildman–Crippen LogP) is 3.96. The summed E-state index contributed by atoms with van der Waals surface area (Å²) in [5.41, 5.74) is 4.67. The first-order valence-electron chi connectivity index (χ1n) is 10.0. The summed E-state index contributed by atoms with van der Waals surface area (Å²) in [5, 5.41) is 9.05. The van der Waals surface area contributed by atoms with E-state index in [1.165, 1.54) is 17.3 Å². The molecular formula is C23H21F2N3O2. The minimum absolute atomic E-state index is 0.110. The monoisotopic (exact) mass is 409 g/mol. The van der Waals surface area contributed by atoms with E-state index in [0.29, 0.717) is 11.1 Å². The van der Waals surface area contributed by atoms with E-state index in [9.17, 15) is 18.4 Å². The van der Waals surface area contributed by atoms with E-state index in [0.717, 1.165) is 29.7 Å². The molecule has 0 radical (unpaired) electrons. The minimum atomic E-state index is -3.06. The first kappa shape index (κ1) is 20.1. The van der Waals surface area contributed by atoms with Gasteiger partial charge in [-0.3, -0.25) is 14.6 Å². The van der Waals surface area contributed by atoms with Crippen LogP contribution in [-0.4, -0.2) is 40.1 Å². The van der Waals surface area contributed by atoms with Crippen molar-refractivity contribution < 1.29 is 18.4 Å². The van der Waals surface area contributed by atoms with Gasteiger partial charge in [-0.1, -0.05) is 18.2 Å². The van der Waals surface area contributed by atoms with Crippen molar-refractivity contribution in [3.8, 4) is 17.2 Å². The van der Waals surface area contributed by atoms with Crippen molar-refractivity contribution in [2.24, 2.45) is 0 Å². The predicted molar refractivity (Wildman–Crippen MR) is 106 cm³/mol. The molecule has 1 saturated heterocycles. The van der Waals surface area contributed by atoms with Gasteiger partial charge in [0.15, 0.2) is 5.78 Å². The van der Waals surface area contributed by atoms with Crippen LogP contribution in [0, 0.1) is 11.3 Å². The van der Waals surface area contributed by atoms with Gasteiger partial charge in [-0.05, 0) is 42.0 Å². The van der Waals surface area contributed by atoms with E-state index in [-0.39, 0.29) is 18.6 Å². The smallest absolute Gasteiger partial charge is 0.268 e. The number of nitrogens with zero attached hydrogens (tertiary/aromatic N) is 3. The van der Waals surface area contributed by atoms with Gasteiger partial charge >= 0.3 is 0 Å². The van der Waals surface area contributed by atoms with E-state index in [2.05, 4.69) is 17.1 Å². The third-order valence-corrected chi connectivity index (χ3v) is 5.84. The maximum atomic E-state index is 13.6. The van der Waals surface area contributed by atoms with Gasteiger partial charge in [-0.25, -0.2) is 8.78 Å². The maximum absolute atomic E-state index is 13.6. The van der Waals surface area contributed by atoms with Crippen molar-refractivity contribution in [3.63, 3.8) is 0 Å². The Morgan fingerprint density at radius 3 is 2.80 bits per heavy atom. The van der Waals surface area contributed by atoms with Crippen LogP contribution in [0.5, 0.6) is 0 Å². The Balaban J connectivity index is 1.49. The summed E-state index contributed by atoms with van der Waals surface area (Å²) in [6.45, 7) is -0.770. The molecule has 0 N–H and O–H groups in total. The largest absolute Gasteiger partial charge is 0.320 e. The standard InChI is InChI=1S/C23H21F2N3O2/c24-23(25)11-18(12-26)28(14-23)22(30)7-6-21(29)19-8-9-27-13-20(19)17-5-4-15-2-1-3-16(15)10-17/h4-5,8-10,13,18H,1-3,6-7,11,14H2/t18-/m0/s1. The highest BCUT2D eigenvalue weighted by atomic mass is 19.3. The molecule has 7 heteroatoms. The Morgan fingerprint density at radius 2 is 2.00 bits per heavy atom. The number of amides is 1. The number of hydrogen-bond acceptors (Lipinski definition) is 4. The average molecular weight is 409 g/mol. The Morgan fingerprint density at radius 1 is 1.20 bits per heavy atom. The SMILES string of the molecule is N#C[C@@H]1CC(F)(F)CN1C(=O)CCC(=O)c1ccncc1-c1ccc2c(c1)CCC2. The van der Waals surface area contributed by atoms with Crippen LogP contribution in [0.15, 0.2) is 36.7 Å². The fraction of sp³-hybridized carbons (Fsp3) is 0.391. The van der Waals surface area contributed by atoms with Crippen LogP contribution in [0.25, 0.3) is 11.1 Å². The van der Waals surface area contributed by atoms with Gasteiger partial charge < -0.3 is 4.90 Å². The fourth-order valence-electron chi connectivity index (χ4n) is 4.30. The number of rotatable bonds is 5. The number of aromatic nitrogens is 1. The van der Waals surface area contributed by atoms with Crippen molar-refractivity contribution >= 4 is 11.7 Å². The molecule has 1 atom stereocenters. The number of ketones is 1. The molecule has 4 rings (SSSR count). The lowest BCUT2D eigenvalue weighted by Crippen LogP contribution is -2.36. The second-order valence-electron chi connectivity index (χ2n) is 7.91. The second kappa shape index (κ2) is 7.94. The summed E-state index contributed by atoms with van der Waals surface area (Å²) >= 11 is 0. The Labute approximate surface area is 173 Å². The summed E-state index contributed by atoms with van der Waals surface area (Å²) < 4.78 is 27.1. The molecule has 1 aromatic heterocycles. The van der Waals surface area contributed by atoms with E-state index in [1.54, 1.807) is 18.3 Å². The molecule has 2 heterocycles. The van der Waals surface area contributed by atoms with Crippen molar-refractivity contribution in [2.45, 2.75) is 50.5 Å². The normalized spacial score (nSPS) is 19.4. The van der Waals surface area contributed by atoms with Gasteiger partial charge in [0.2, 0.25) is 5.91 Å². The van der Waals surface area contributed by atoms with Crippen LogP contribution in [0.2, 0.25) is 0 Å². The Hall–Kier alpha value is -3.14. The van der Waals surface area contributed by atoms with Crippen molar-refractivity contribution in [1.29, 1.82) is 5.26 Å². The van der Waals surface area contributed by atoms with Gasteiger partial charge in [0.1, 0.15) is 6.04 Å². The summed E-state index contributed by atoms with van der Waals surface area (Å²) in [6.07, 6.45) is 5.39. The van der Waals surface area contributed by atoms with Gasteiger partial charge in [-0.15, -0.1) is 0 Å². The van der Waals surface area contributed by atoms with E-state index >= 15 is 0 Å². The molecule has 1 amide bonds. The van der Waals surface area contributed by atoms with Crippen molar-refractivity contribution in [3.05, 3.63) is 53.3 Å². The highest BCUT2D eigenvalue weighted by molar-refractivity contribution is 6.03. The molecule has 0 unspecified atom stereocenters. The van der Waals surface area contributed by atoms with Gasteiger partial charge in [0.25, 0.3) is 5.92 Å². The zero-order valence-electron chi connectivity index (χ0n) is 16.4. The number of likely N-dealkylation sites (tertiary alicyclic amines) is 1. The molecule has 0 spiro atoms. The lowest BCUT2D eigenvalue weighted by molar-refractivity contribution is -0.132. The molecule has 1 aliphatic heterocycles. The molecule has 1 aliphatic carbocycles. The molecule has 1 aromatic carbocycles. The highest BCUT2D eigenvalue weighted by Crippen LogP contribution is 2.33. The van der Waals surface area contributed by atoms with Crippen LogP contribution >= 0.6 is 0 Å². The molecule has 2 aliphatic rings. The Bertz CT molecular complexity index is 1040. The number of carbonyl (C=O) groups excluding carboxylic acids is 2. The third kappa shape index (κ3) is 3.95. The van der Waals surface area contributed by atoms with Gasteiger partial charge in [0, 0.05) is 42.8 Å². The number of aryl methyl sites for hydroxylation is 2. The lowest BCUT2D eigenvalue weighted by atomic mass is 9.95. The number of benzene rings is 1. The number of halogens is 2. The summed E-state index contributed by atoms with van der Waals surface area (Å²) in [6, 6.07) is 8.38. The molecule has 154 valence electrons. The third-order valence-electron chi connectivity index (χ3n) is 5.84. The van der Waals surface area contributed by atoms with Crippen LogP contribution in [0.4, 0.5) is 8.78 Å². The molecule has 5 nitrogen and oxygen atoms in total. The minimum Gasteiger partial charge on any atom is -0.320 e. The van der Waals surface area contributed by atoms with Crippen molar-refractivity contribution in [1.82, 2.24) is 9.88 Å².